The Morgan fingerprint density at radius 2 is 1.79 bits per heavy atom. The fourth-order valence-electron chi connectivity index (χ4n) is 1.31. The summed E-state index contributed by atoms with van der Waals surface area (Å²) >= 11 is 0. The summed E-state index contributed by atoms with van der Waals surface area (Å²) in [6.45, 7) is 7.22. The molecule has 2 nitrogen and oxygen atoms in total. The second-order valence-electron chi connectivity index (χ2n) is 4.36. The van der Waals surface area contributed by atoms with Crippen LogP contribution in [-0.2, 0) is 4.74 Å². The van der Waals surface area contributed by atoms with Gasteiger partial charge in [-0.15, -0.1) is 0 Å². The Morgan fingerprint density at radius 3 is 2.36 bits per heavy atom. The molecule has 0 heterocycles. The maximum atomic E-state index is 9.43. The van der Waals surface area contributed by atoms with Crippen molar-refractivity contribution in [3.05, 3.63) is 0 Å². The molecule has 2 heteroatoms. The summed E-state index contributed by atoms with van der Waals surface area (Å²) in [5.74, 6) is 0.647. The lowest BCUT2D eigenvalue weighted by Gasteiger charge is -2.12. The Morgan fingerprint density at radius 1 is 1.07 bits per heavy atom. The molecule has 0 aliphatic rings. The summed E-state index contributed by atoms with van der Waals surface area (Å²) < 4.78 is 5.29. The smallest absolute Gasteiger partial charge is 0.154 e. The first-order chi connectivity index (χ1) is 6.66. The van der Waals surface area contributed by atoms with Gasteiger partial charge in [0.1, 0.15) is 0 Å². The molecule has 1 atom stereocenters. The minimum atomic E-state index is -0.543. The molecule has 14 heavy (non-hydrogen) atoms. The highest BCUT2D eigenvalue weighted by atomic mass is 16.6. The van der Waals surface area contributed by atoms with Gasteiger partial charge in [0, 0.05) is 6.61 Å². The summed E-state index contributed by atoms with van der Waals surface area (Å²) in [5.41, 5.74) is 0. The molecule has 0 rings (SSSR count). The fraction of sp³-hybridized carbons (Fsp3) is 1.00. The zero-order valence-electron chi connectivity index (χ0n) is 9.96. The van der Waals surface area contributed by atoms with Crippen LogP contribution in [0.2, 0.25) is 0 Å². The Balaban J connectivity index is 3.14. The van der Waals surface area contributed by atoms with Crippen molar-refractivity contribution in [1.82, 2.24) is 0 Å². The van der Waals surface area contributed by atoms with Crippen LogP contribution in [0.15, 0.2) is 0 Å². The minimum absolute atomic E-state index is 0.543. The van der Waals surface area contributed by atoms with Gasteiger partial charge in [-0.2, -0.15) is 0 Å². The first-order valence-electron chi connectivity index (χ1n) is 5.96. The van der Waals surface area contributed by atoms with Gasteiger partial charge in [-0.05, 0) is 25.2 Å². The second-order valence-corrected chi connectivity index (χ2v) is 4.36. The van der Waals surface area contributed by atoms with Gasteiger partial charge in [-0.3, -0.25) is 0 Å². The summed E-state index contributed by atoms with van der Waals surface area (Å²) in [6, 6.07) is 0. The summed E-state index contributed by atoms with van der Waals surface area (Å²) in [4.78, 5) is 0. The molecular weight excluding hydrogens is 176 g/mol. The highest BCUT2D eigenvalue weighted by Gasteiger charge is 2.04. The van der Waals surface area contributed by atoms with Crippen molar-refractivity contribution in [1.29, 1.82) is 0 Å². The third kappa shape index (κ3) is 10.0. The van der Waals surface area contributed by atoms with Crippen LogP contribution in [0.5, 0.6) is 0 Å². The number of aliphatic hydroxyl groups excluding tert-OH is 1. The molecule has 0 radical (unpaired) electrons. The van der Waals surface area contributed by atoms with E-state index in [-0.39, 0.29) is 0 Å². The van der Waals surface area contributed by atoms with Crippen LogP contribution >= 0.6 is 0 Å². The van der Waals surface area contributed by atoms with E-state index in [2.05, 4.69) is 20.8 Å². The summed E-state index contributed by atoms with van der Waals surface area (Å²) in [5, 5.41) is 9.43. The number of hydrogen-bond acceptors (Lipinski definition) is 2. The third-order valence-electron chi connectivity index (χ3n) is 2.30. The maximum absolute atomic E-state index is 9.43. The molecule has 86 valence electrons. The van der Waals surface area contributed by atoms with Crippen molar-refractivity contribution in [2.75, 3.05) is 6.61 Å². The highest BCUT2D eigenvalue weighted by Crippen LogP contribution is 2.08. The molecule has 0 spiro atoms. The lowest BCUT2D eigenvalue weighted by Crippen LogP contribution is -2.13. The van der Waals surface area contributed by atoms with Crippen molar-refractivity contribution in [2.45, 2.75) is 65.6 Å². The number of aliphatic hydroxyl groups is 1. The first-order valence-corrected chi connectivity index (χ1v) is 5.96. The van der Waals surface area contributed by atoms with Crippen molar-refractivity contribution in [2.24, 2.45) is 5.92 Å². The number of ether oxygens (including phenoxy) is 1. The molecule has 0 aromatic heterocycles. The fourth-order valence-corrected chi connectivity index (χ4v) is 1.31. The number of unbranched alkanes of at least 4 members (excludes halogenated alkanes) is 3. The Kier molecular flexibility index (Phi) is 9.42. The average Bonchev–Trinajstić information content (AvgIpc) is 2.14. The van der Waals surface area contributed by atoms with Gasteiger partial charge in [-0.1, -0.05) is 40.0 Å². The predicted octanol–water partition coefficient (Wildman–Crippen LogP) is 3.34. The van der Waals surface area contributed by atoms with E-state index < -0.39 is 6.29 Å². The standard InChI is InChI=1S/C12H26O2/c1-4-5-6-7-10-14-12(13)9-8-11(2)3/h11-13H,4-10H2,1-3H3. The first kappa shape index (κ1) is 13.9. The Bertz CT molecular complexity index is 113. The molecule has 0 fully saturated rings. The maximum Gasteiger partial charge on any atom is 0.154 e. The van der Waals surface area contributed by atoms with Crippen LogP contribution in [-0.4, -0.2) is 18.0 Å². The van der Waals surface area contributed by atoms with Crippen LogP contribution in [0.1, 0.15) is 59.3 Å². The minimum Gasteiger partial charge on any atom is -0.368 e. The molecule has 0 aliphatic carbocycles. The molecule has 1 N–H and O–H groups in total. The SMILES string of the molecule is CCCCCCOC(O)CCC(C)C. The topological polar surface area (TPSA) is 29.5 Å². The van der Waals surface area contributed by atoms with Crippen LogP contribution < -0.4 is 0 Å². The molecular formula is C12H26O2. The van der Waals surface area contributed by atoms with Gasteiger partial charge in [0.2, 0.25) is 0 Å². The second kappa shape index (κ2) is 9.47. The molecule has 0 aromatic rings. The average molecular weight is 202 g/mol. The van der Waals surface area contributed by atoms with E-state index in [0.717, 1.165) is 19.3 Å². The lowest BCUT2D eigenvalue weighted by atomic mass is 10.1. The molecule has 0 aromatic carbocycles. The van der Waals surface area contributed by atoms with Crippen LogP contribution in [0, 0.1) is 5.92 Å². The van der Waals surface area contributed by atoms with E-state index in [1.165, 1.54) is 19.3 Å². The summed E-state index contributed by atoms with van der Waals surface area (Å²) in [7, 11) is 0. The molecule has 0 saturated heterocycles. The molecule has 0 saturated carbocycles. The molecule has 1 unspecified atom stereocenters. The van der Waals surface area contributed by atoms with Crippen molar-refractivity contribution in [3.63, 3.8) is 0 Å². The van der Waals surface area contributed by atoms with Gasteiger partial charge in [-0.25, -0.2) is 0 Å². The van der Waals surface area contributed by atoms with E-state index in [4.69, 9.17) is 4.74 Å². The lowest BCUT2D eigenvalue weighted by molar-refractivity contribution is -0.106. The van der Waals surface area contributed by atoms with Gasteiger partial charge >= 0.3 is 0 Å². The molecule has 0 amide bonds. The van der Waals surface area contributed by atoms with Crippen molar-refractivity contribution in [3.8, 4) is 0 Å². The van der Waals surface area contributed by atoms with E-state index >= 15 is 0 Å². The van der Waals surface area contributed by atoms with Gasteiger partial charge in [0.05, 0.1) is 0 Å². The predicted molar refractivity (Wildman–Crippen MR) is 60.2 cm³/mol. The van der Waals surface area contributed by atoms with Gasteiger partial charge in [0.15, 0.2) is 6.29 Å². The van der Waals surface area contributed by atoms with Crippen LogP contribution in [0.25, 0.3) is 0 Å². The van der Waals surface area contributed by atoms with Gasteiger partial charge < -0.3 is 9.84 Å². The zero-order valence-corrected chi connectivity index (χ0v) is 9.96. The third-order valence-corrected chi connectivity index (χ3v) is 2.30. The Labute approximate surface area is 88.7 Å². The highest BCUT2D eigenvalue weighted by molar-refractivity contribution is 4.49. The number of hydrogen-bond donors (Lipinski definition) is 1. The quantitative estimate of drug-likeness (QED) is 0.459. The summed E-state index contributed by atoms with van der Waals surface area (Å²) in [6.07, 6.45) is 6.07. The van der Waals surface area contributed by atoms with E-state index in [0.29, 0.717) is 12.5 Å². The van der Waals surface area contributed by atoms with E-state index in [1.54, 1.807) is 0 Å². The monoisotopic (exact) mass is 202 g/mol. The van der Waals surface area contributed by atoms with Crippen LogP contribution in [0.4, 0.5) is 0 Å². The van der Waals surface area contributed by atoms with Crippen molar-refractivity contribution < 1.29 is 9.84 Å². The Hall–Kier alpha value is -0.0800. The molecule has 0 aliphatic heterocycles. The zero-order chi connectivity index (χ0) is 10.8. The van der Waals surface area contributed by atoms with Crippen LogP contribution in [0.3, 0.4) is 0 Å². The van der Waals surface area contributed by atoms with Crippen molar-refractivity contribution >= 4 is 0 Å². The van der Waals surface area contributed by atoms with E-state index in [9.17, 15) is 5.11 Å². The van der Waals surface area contributed by atoms with E-state index in [1.807, 2.05) is 0 Å². The van der Waals surface area contributed by atoms with Gasteiger partial charge in [0.25, 0.3) is 0 Å². The number of rotatable bonds is 9. The molecule has 0 bridgehead atoms. The normalized spacial score (nSPS) is 13.5. The largest absolute Gasteiger partial charge is 0.368 e.